The van der Waals surface area contributed by atoms with Crippen LogP contribution in [0.3, 0.4) is 0 Å². The van der Waals surface area contributed by atoms with Gasteiger partial charge in [0.2, 0.25) is 0 Å². The molecule has 0 spiro atoms. The van der Waals surface area contributed by atoms with Crippen LogP contribution in [0, 0.1) is 0 Å². The van der Waals surface area contributed by atoms with Gasteiger partial charge in [0.15, 0.2) is 0 Å². The molecule has 31 heavy (non-hydrogen) atoms. The molecule has 166 valence electrons. The maximum atomic E-state index is 9.94. The normalized spacial score (nSPS) is 17.6. The fourth-order valence-electron chi connectivity index (χ4n) is 3.58. The molecule has 0 amide bonds. The highest BCUT2D eigenvalue weighted by Crippen LogP contribution is 2.40. The summed E-state index contributed by atoms with van der Waals surface area (Å²) < 4.78 is 4.62. The number of amidine groups is 1. The van der Waals surface area contributed by atoms with E-state index in [-0.39, 0.29) is 6.54 Å². The maximum absolute atomic E-state index is 9.94. The molecule has 5 N–H and O–H groups in total. The van der Waals surface area contributed by atoms with Gasteiger partial charge in [-0.25, -0.2) is 4.99 Å². The summed E-state index contributed by atoms with van der Waals surface area (Å²) in [4.78, 5) is 11.1. The summed E-state index contributed by atoms with van der Waals surface area (Å²) in [5, 5.41) is 46.5. The number of hydrogen-bond donors (Lipinski definition) is 5. The fourth-order valence-corrected chi connectivity index (χ4v) is 4.59. The van der Waals surface area contributed by atoms with Crippen molar-refractivity contribution in [1.82, 2.24) is 9.80 Å². The fraction of sp³-hybridized carbons (Fsp3) is 0.381. The van der Waals surface area contributed by atoms with Crippen molar-refractivity contribution in [3.63, 3.8) is 0 Å². The number of rotatable bonds is 5. The summed E-state index contributed by atoms with van der Waals surface area (Å²) in [6, 6.07) is 16.2. The predicted octanol–water partition coefficient (Wildman–Crippen LogP) is 0.133. The van der Waals surface area contributed by atoms with Gasteiger partial charge in [-0.15, -0.1) is 0 Å². The Morgan fingerprint density at radius 3 is 2.23 bits per heavy atom. The minimum absolute atomic E-state index is 0.265. The topological polar surface area (TPSA) is 129 Å². The van der Waals surface area contributed by atoms with Gasteiger partial charge in [-0.2, -0.15) is 0 Å². The standard InChI is InChI=1S/C21H25N3O6S/c25-20(26,27)14-30-21(28,29)13-23-9-11-24(12-10-23)19-15-5-1-3-7-17(15)31-18-8-4-2-6-16(18)22-19/h1-8,25-29H,9-14H2. The highest BCUT2D eigenvalue weighted by Gasteiger charge is 2.34. The first kappa shape index (κ1) is 22.2. The highest BCUT2D eigenvalue weighted by atomic mass is 32.2. The van der Waals surface area contributed by atoms with Gasteiger partial charge in [-0.05, 0) is 18.2 Å². The summed E-state index contributed by atoms with van der Waals surface area (Å²) in [7, 11) is 0. The molecule has 4 rings (SSSR count). The first-order valence-corrected chi connectivity index (χ1v) is 10.7. The van der Waals surface area contributed by atoms with Crippen LogP contribution in [-0.4, -0.2) is 92.4 Å². The van der Waals surface area contributed by atoms with E-state index in [1.807, 2.05) is 30.3 Å². The molecule has 0 unspecified atom stereocenters. The van der Waals surface area contributed by atoms with E-state index in [2.05, 4.69) is 27.8 Å². The average Bonchev–Trinajstić information content (AvgIpc) is 2.89. The molecule has 2 aliphatic rings. The molecule has 0 aliphatic carbocycles. The monoisotopic (exact) mass is 447 g/mol. The number of aliphatic hydroxyl groups is 5. The van der Waals surface area contributed by atoms with Crippen molar-refractivity contribution in [2.75, 3.05) is 39.3 Å². The minimum atomic E-state index is -3.13. The molecular weight excluding hydrogens is 422 g/mol. The van der Waals surface area contributed by atoms with E-state index in [4.69, 9.17) is 20.3 Å². The molecular formula is C21H25N3O6S. The van der Waals surface area contributed by atoms with Gasteiger partial charge in [0.25, 0.3) is 11.9 Å². The van der Waals surface area contributed by atoms with E-state index >= 15 is 0 Å². The van der Waals surface area contributed by atoms with Crippen molar-refractivity contribution in [1.29, 1.82) is 0 Å². The van der Waals surface area contributed by atoms with E-state index < -0.39 is 18.6 Å². The van der Waals surface area contributed by atoms with Crippen LogP contribution in [0.15, 0.2) is 63.3 Å². The van der Waals surface area contributed by atoms with Gasteiger partial charge < -0.3 is 35.2 Å². The van der Waals surface area contributed by atoms with Crippen molar-refractivity contribution in [2.24, 2.45) is 4.99 Å². The molecule has 0 atom stereocenters. The second kappa shape index (κ2) is 8.85. The lowest BCUT2D eigenvalue weighted by Gasteiger charge is -2.38. The first-order chi connectivity index (χ1) is 14.7. The van der Waals surface area contributed by atoms with E-state index in [1.54, 1.807) is 16.7 Å². The average molecular weight is 448 g/mol. The highest BCUT2D eigenvalue weighted by molar-refractivity contribution is 7.99. The quantitative estimate of drug-likeness (QED) is 0.406. The SMILES string of the molecule is OC(O)(O)COC(O)(O)CN1CCN(C2=Nc3ccccc3Sc3ccccc32)CC1. The molecule has 2 aromatic rings. The lowest BCUT2D eigenvalue weighted by atomic mass is 10.1. The van der Waals surface area contributed by atoms with Crippen LogP contribution in [0.2, 0.25) is 0 Å². The Balaban J connectivity index is 1.46. The lowest BCUT2D eigenvalue weighted by molar-refractivity contribution is -0.403. The molecule has 2 aromatic carbocycles. The molecule has 0 radical (unpaired) electrons. The van der Waals surface area contributed by atoms with Crippen molar-refractivity contribution < 1.29 is 30.3 Å². The summed E-state index contributed by atoms with van der Waals surface area (Å²) >= 11 is 1.69. The van der Waals surface area contributed by atoms with Crippen molar-refractivity contribution in [2.45, 2.75) is 21.7 Å². The first-order valence-electron chi connectivity index (χ1n) is 9.88. The van der Waals surface area contributed by atoms with E-state index in [1.165, 1.54) is 0 Å². The number of β-amino-alcohol motifs (C(OH)–C–C–N with tert-alkyl or cyclic N) is 2. The largest absolute Gasteiger partial charge is 0.354 e. The summed E-state index contributed by atoms with van der Waals surface area (Å²) in [6.45, 7) is 0.943. The maximum Gasteiger partial charge on any atom is 0.300 e. The van der Waals surface area contributed by atoms with Crippen LogP contribution in [-0.2, 0) is 4.74 Å². The lowest BCUT2D eigenvalue weighted by Crippen LogP contribution is -2.55. The van der Waals surface area contributed by atoms with Gasteiger partial charge in [0.1, 0.15) is 12.4 Å². The van der Waals surface area contributed by atoms with E-state index in [0.717, 1.165) is 26.9 Å². The van der Waals surface area contributed by atoms with Gasteiger partial charge in [-0.3, -0.25) is 4.90 Å². The Labute approximate surface area is 183 Å². The Bertz CT molecular complexity index is 954. The second-order valence-electron chi connectivity index (χ2n) is 7.57. The number of nitrogens with zero attached hydrogens (tertiary/aromatic N) is 3. The number of aliphatic imine (C=N–C) groups is 1. The Hall–Kier alpha value is -2.02. The number of piperazine rings is 1. The number of fused-ring (bicyclic) bond motifs is 2. The Morgan fingerprint density at radius 2 is 1.52 bits per heavy atom. The van der Waals surface area contributed by atoms with Crippen LogP contribution >= 0.6 is 11.8 Å². The Morgan fingerprint density at radius 1 is 0.871 bits per heavy atom. The third kappa shape index (κ3) is 5.62. The van der Waals surface area contributed by atoms with Crippen molar-refractivity contribution in [3.05, 3.63) is 54.1 Å². The zero-order valence-electron chi connectivity index (χ0n) is 16.8. The molecule has 9 nitrogen and oxygen atoms in total. The van der Waals surface area contributed by atoms with Crippen LogP contribution in [0.4, 0.5) is 5.69 Å². The summed E-state index contributed by atoms with van der Waals surface area (Å²) in [6.07, 6.45) is 0. The van der Waals surface area contributed by atoms with Gasteiger partial charge in [0, 0.05) is 41.5 Å². The molecule has 1 fully saturated rings. The zero-order valence-corrected chi connectivity index (χ0v) is 17.6. The van der Waals surface area contributed by atoms with Crippen molar-refractivity contribution in [3.8, 4) is 0 Å². The second-order valence-corrected chi connectivity index (χ2v) is 8.65. The van der Waals surface area contributed by atoms with Crippen LogP contribution in [0.1, 0.15) is 5.56 Å². The van der Waals surface area contributed by atoms with Gasteiger partial charge >= 0.3 is 0 Å². The van der Waals surface area contributed by atoms with Gasteiger partial charge in [-0.1, -0.05) is 42.1 Å². The van der Waals surface area contributed by atoms with Crippen molar-refractivity contribution >= 4 is 23.3 Å². The molecule has 2 heterocycles. The summed E-state index contributed by atoms with van der Waals surface area (Å²) in [5.41, 5.74) is 1.98. The molecule has 10 heteroatoms. The number of para-hydroxylation sites is 1. The molecule has 0 saturated carbocycles. The smallest absolute Gasteiger partial charge is 0.300 e. The molecule has 1 saturated heterocycles. The van der Waals surface area contributed by atoms with Crippen LogP contribution in [0.5, 0.6) is 0 Å². The molecule has 0 bridgehead atoms. The molecule has 0 aromatic heterocycles. The number of benzene rings is 2. The van der Waals surface area contributed by atoms with Crippen LogP contribution in [0.25, 0.3) is 0 Å². The van der Waals surface area contributed by atoms with Gasteiger partial charge in [0.05, 0.1) is 12.2 Å². The minimum Gasteiger partial charge on any atom is -0.354 e. The van der Waals surface area contributed by atoms with Crippen LogP contribution < -0.4 is 0 Å². The Kier molecular flexibility index (Phi) is 6.33. The van der Waals surface area contributed by atoms with E-state index in [0.29, 0.717) is 26.2 Å². The number of ether oxygens (including phenoxy) is 1. The van der Waals surface area contributed by atoms with E-state index in [9.17, 15) is 10.2 Å². The third-order valence-corrected chi connectivity index (χ3v) is 6.18. The molecule has 2 aliphatic heterocycles. The predicted molar refractivity (Wildman–Crippen MR) is 114 cm³/mol. The number of hydrogen-bond acceptors (Lipinski definition) is 10. The third-order valence-electron chi connectivity index (χ3n) is 5.04. The summed E-state index contributed by atoms with van der Waals surface area (Å²) in [5.74, 6) is -4.87. The zero-order chi connectivity index (χ0) is 22.1.